The third kappa shape index (κ3) is 3.49. The number of rotatable bonds is 4. The molecule has 0 spiro atoms. The molecule has 0 aliphatic carbocycles. The van der Waals surface area contributed by atoms with E-state index >= 15 is 0 Å². The Bertz CT molecular complexity index is 583. The van der Waals surface area contributed by atoms with Crippen molar-refractivity contribution in [3.63, 3.8) is 0 Å². The molecular formula is C11H9Cl2F3N2S. The molecule has 2 rings (SSSR count). The highest BCUT2D eigenvalue weighted by Crippen LogP contribution is 2.31. The molecule has 1 aromatic heterocycles. The van der Waals surface area contributed by atoms with Crippen molar-refractivity contribution in [2.45, 2.75) is 17.9 Å². The van der Waals surface area contributed by atoms with Crippen LogP contribution < -0.4 is 0 Å². The van der Waals surface area contributed by atoms with Crippen molar-refractivity contribution in [2.24, 2.45) is 0 Å². The van der Waals surface area contributed by atoms with Crippen LogP contribution >= 0.6 is 35.0 Å². The number of hydrogen-bond donors (Lipinski definition) is 0. The molecule has 19 heavy (non-hydrogen) atoms. The predicted octanol–water partition coefficient (Wildman–Crippen LogP) is 4.68. The van der Waals surface area contributed by atoms with Gasteiger partial charge in [0, 0.05) is 12.3 Å². The molecule has 1 heterocycles. The van der Waals surface area contributed by atoms with E-state index in [4.69, 9.17) is 23.2 Å². The standard InChI is InChI=1S/C11H9Cl2F3N2S/c12-6-9-17-10-7(13)2-1-3-8(10)18(9)4-5-19-11(14,15)16/h1-3H,4-6H2. The second kappa shape index (κ2) is 5.81. The highest BCUT2D eigenvalue weighted by molar-refractivity contribution is 8.00. The van der Waals surface area contributed by atoms with E-state index in [-0.39, 0.29) is 29.9 Å². The summed E-state index contributed by atoms with van der Waals surface area (Å²) in [7, 11) is 0. The third-order valence-electron chi connectivity index (χ3n) is 2.51. The predicted molar refractivity (Wildman–Crippen MR) is 72.8 cm³/mol. The number of aryl methyl sites for hydroxylation is 1. The Morgan fingerprint density at radius 3 is 2.68 bits per heavy atom. The molecule has 0 aliphatic heterocycles. The summed E-state index contributed by atoms with van der Waals surface area (Å²) < 4.78 is 38.1. The van der Waals surface area contributed by atoms with Gasteiger partial charge < -0.3 is 4.57 Å². The Hall–Kier alpha value is -0.590. The highest BCUT2D eigenvalue weighted by Gasteiger charge is 2.27. The number of aromatic nitrogens is 2. The van der Waals surface area contributed by atoms with Gasteiger partial charge in [-0.15, -0.1) is 11.6 Å². The minimum atomic E-state index is -4.23. The zero-order valence-electron chi connectivity index (χ0n) is 9.55. The van der Waals surface area contributed by atoms with Crippen molar-refractivity contribution in [3.8, 4) is 0 Å². The van der Waals surface area contributed by atoms with Crippen LogP contribution in [0, 0.1) is 0 Å². The highest BCUT2D eigenvalue weighted by atomic mass is 35.5. The monoisotopic (exact) mass is 328 g/mol. The summed E-state index contributed by atoms with van der Waals surface area (Å²) in [4.78, 5) is 4.25. The fraction of sp³-hybridized carbons (Fsp3) is 0.364. The molecule has 0 N–H and O–H groups in total. The maximum Gasteiger partial charge on any atom is 0.441 e. The lowest BCUT2D eigenvalue weighted by molar-refractivity contribution is -0.0328. The number of nitrogens with zero attached hydrogens (tertiary/aromatic N) is 2. The largest absolute Gasteiger partial charge is 0.441 e. The number of fused-ring (bicyclic) bond motifs is 1. The molecule has 2 aromatic rings. The zero-order chi connectivity index (χ0) is 14.0. The number of halogens is 5. The van der Waals surface area contributed by atoms with Crippen LogP contribution in [-0.2, 0) is 12.4 Å². The second-order valence-corrected chi connectivity index (χ2v) is 5.55. The van der Waals surface area contributed by atoms with Gasteiger partial charge in [-0.1, -0.05) is 17.7 Å². The maximum atomic E-state index is 12.1. The summed E-state index contributed by atoms with van der Waals surface area (Å²) in [5.41, 5.74) is -2.96. The Morgan fingerprint density at radius 2 is 2.05 bits per heavy atom. The van der Waals surface area contributed by atoms with Gasteiger partial charge in [0.2, 0.25) is 0 Å². The summed E-state index contributed by atoms with van der Waals surface area (Å²) in [5.74, 6) is 0.556. The third-order valence-corrected chi connectivity index (χ3v) is 3.77. The first-order valence-electron chi connectivity index (χ1n) is 5.32. The number of imidazole rings is 1. The first kappa shape index (κ1) is 14.8. The van der Waals surface area contributed by atoms with Gasteiger partial charge in [-0.3, -0.25) is 0 Å². The number of thioether (sulfide) groups is 1. The lowest BCUT2D eigenvalue weighted by Crippen LogP contribution is -2.08. The molecule has 8 heteroatoms. The molecule has 0 fully saturated rings. The van der Waals surface area contributed by atoms with Crippen molar-refractivity contribution in [1.82, 2.24) is 9.55 Å². The lowest BCUT2D eigenvalue weighted by atomic mass is 10.3. The first-order valence-corrected chi connectivity index (χ1v) is 7.22. The summed E-state index contributed by atoms with van der Waals surface area (Å²) in [6.45, 7) is 0.184. The topological polar surface area (TPSA) is 17.8 Å². The van der Waals surface area contributed by atoms with Crippen molar-refractivity contribution in [1.29, 1.82) is 0 Å². The first-order chi connectivity index (χ1) is 8.92. The van der Waals surface area contributed by atoms with Crippen molar-refractivity contribution in [3.05, 3.63) is 29.0 Å². The molecule has 104 valence electrons. The van der Waals surface area contributed by atoms with E-state index in [2.05, 4.69) is 4.98 Å². The minimum Gasteiger partial charge on any atom is -0.326 e. The summed E-state index contributed by atoms with van der Waals surface area (Å²) in [6, 6.07) is 5.18. The van der Waals surface area contributed by atoms with E-state index < -0.39 is 5.51 Å². The molecule has 0 unspecified atom stereocenters. The number of alkyl halides is 4. The van der Waals surface area contributed by atoms with E-state index in [1.807, 2.05) is 0 Å². The van der Waals surface area contributed by atoms with E-state index in [0.29, 0.717) is 21.9 Å². The normalized spacial score (nSPS) is 12.3. The van der Waals surface area contributed by atoms with Gasteiger partial charge in [0.15, 0.2) is 0 Å². The quantitative estimate of drug-likeness (QED) is 0.758. The smallest absolute Gasteiger partial charge is 0.326 e. The van der Waals surface area contributed by atoms with E-state index in [1.54, 1.807) is 22.8 Å². The maximum absolute atomic E-state index is 12.1. The molecule has 0 atom stereocenters. The Balaban J connectivity index is 2.28. The van der Waals surface area contributed by atoms with Gasteiger partial charge in [0.05, 0.1) is 16.4 Å². The summed E-state index contributed by atoms with van der Waals surface area (Å²) in [6.07, 6.45) is 0. The van der Waals surface area contributed by atoms with E-state index in [0.717, 1.165) is 0 Å². The van der Waals surface area contributed by atoms with Crippen LogP contribution in [0.1, 0.15) is 5.82 Å². The molecule has 0 saturated carbocycles. The number of para-hydroxylation sites is 1. The zero-order valence-corrected chi connectivity index (χ0v) is 11.9. The molecule has 1 aromatic carbocycles. The minimum absolute atomic E-state index is 0.0609. The fourth-order valence-corrected chi connectivity index (χ4v) is 2.69. The molecule has 2 nitrogen and oxygen atoms in total. The lowest BCUT2D eigenvalue weighted by Gasteiger charge is -2.09. The molecular weight excluding hydrogens is 320 g/mol. The molecule has 0 radical (unpaired) electrons. The van der Waals surface area contributed by atoms with Gasteiger partial charge in [0.1, 0.15) is 11.3 Å². The molecule has 0 bridgehead atoms. The molecule has 0 aliphatic rings. The van der Waals surface area contributed by atoms with Gasteiger partial charge in [-0.25, -0.2) is 4.98 Å². The van der Waals surface area contributed by atoms with Gasteiger partial charge in [0.25, 0.3) is 0 Å². The molecule has 0 saturated heterocycles. The van der Waals surface area contributed by atoms with Crippen molar-refractivity contribution >= 4 is 46.0 Å². The average Bonchev–Trinajstić information content (AvgIpc) is 2.68. The van der Waals surface area contributed by atoms with Gasteiger partial charge >= 0.3 is 5.51 Å². The number of benzene rings is 1. The van der Waals surface area contributed by atoms with Crippen LogP contribution in [0.25, 0.3) is 11.0 Å². The Morgan fingerprint density at radius 1 is 1.32 bits per heavy atom. The average molecular weight is 329 g/mol. The van der Waals surface area contributed by atoms with Crippen molar-refractivity contribution in [2.75, 3.05) is 5.75 Å². The SMILES string of the molecule is FC(F)(F)SCCn1c(CCl)nc2c(Cl)cccc21. The van der Waals surface area contributed by atoms with Gasteiger partial charge in [-0.2, -0.15) is 13.2 Å². The van der Waals surface area contributed by atoms with E-state index in [9.17, 15) is 13.2 Å². The van der Waals surface area contributed by atoms with E-state index in [1.165, 1.54) is 0 Å². The summed E-state index contributed by atoms with van der Waals surface area (Å²) in [5, 5.41) is 0.464. The van der Waals surface area contributed by atoms with Crippen LogP contribution in [0.15, 0.2) is 18.2 Å². The van der Waals surface area contributed by atoms with Crippen LogP contribution in [0.5, 0.6) is 0 Å². The summed E-state index contributed by atoms with van der Waals surface area (Å²) >= 11 is 11.7. The van der Waals surface area contributed by atoms with Crippen LogP contribution in [0.2, 0.25) is 5.02 Å². The van der Waals surface area contributed by atoms with Crippen molar-refractivity contribution < 1.29 is 13.2 Å². The van der Waals surface area contributed by atoms with Crippen LogP contribution in [0.3, 0.4) is 0 Å². The van der Waals surface area contributed by atoms with Crippen LogP contribution in [0.4, 0.5) is 13.2 Å². The van der Waals surface area contributed by atoms with Gasteiger partial charge in [-0.05, 0) is 23.9 Å². The second-order valence-electron chi connectivity index (χ2n) is 3.72. The molecule has 0 amide bonds. The van der Waals surface area contributed by atoms with Crippen LogP contribution in [-0.4, -0.2) is 20.8 Å². The Kier molecular flexibility index (Phi) is 4.53. The fourth-order valence-electron chi connectivity index (χ4n) is 1.77. The number of hydrogen-bond acceptors (Lipinski definition) is 2. The Labute approximate surface area is 121 Å².